The molecule has 0 amide bonds. The molecule has 80 valence electrons. The van der Waals surface area contributed by atoms with Gasteiger partial charge in [-0.05, 0) is 13.3 Å². The highest BCUT2D eigenvalue weighted by molar-refractivity contribution is 4.72. The molecule has 0 aromatic rings. The van der Waals surface area contributed by atoms with Gasteiger partial charge in [-0.1, -0.05) is 13.8 Å². The Hall–Kier alpha value is -0.120. The molecule has 0 radical (unpaired) electrons. The SMILES string of the molecule is COCCC(C)NCC(C)(C)CO. The zero-order valence-corrected chi connectivity index (χ0v) is 9.26. The molecule has 0 bridgehead atoms. The first kappa shape index (κ1) is 12.9. The van der Waals surface area contributed by atoms with Crippen LogP contribution in [0.3, 0.4) is 0 Å². The van der Waals surface area contributed by atoms with E-state index in [2.05, 4.69) is 12.2 Å². The highest BCUT2D eigenvalue weighted by atomic mass is 16.5. The maximum absolute atomic E-state index is 9.02. The Morgan fingerprint density at radius 1 is 1.46 bits per heavy atom. The minimum atomic E-state index is -0.0265. The van der Waals surface area contributed by atoms with Crippen molar-refractivity contribution < 1.29 is 9.84 Å². The van der Waals surface area contributed by atoms with Gasteiger partial charge >= 0.3 is 0 Å². The summed E-state index contributed by atoms with van der Waals surface area (Å²) in [5.41, 5.74) is -0.0265. The summed E-state index contributed by atoms with van der Waals surface area (Å²) in [5, 5.41) is 12.4. The van der Waals surface area contributed by atoms with Gasteiger partial charge in [-0.25, -0.2) is 0 Å². The molecule has 13 heavy (non-hydrogen) atoms. The molecule has 1 unspecified atom stereocenters. The number of nitrogens with one attached hydrogen (secondary N) is 1. The zero-order valence-electron chi connectivity index (χ0n) is 9.26. The molecule has 0 saturated carbocycles. The van der Waals surface area contributed by atoms with Crippen molar-refractivity contribution in [1.29, 1.82) is 0 Å². The maximum atomic E-state index is 9.02. The first-order valence-corrected chi connectivity index (χ1v) is 4.85. The van der Waals surface area contributed by atoms with Crippen LogP contribution in [0.2, 0.25) is 0 Å². The molecule has 0 aromatic heterocycles. The van der Waals surface area contributed by atoms with Crippen molar-refractivity contribution in [2.45, 2.75) is 33.2 Å². The Morgan fingerprint density at radius 3 is 2.54 bits per heavy atom. The predicted molar refractivity (Wildman–Crippen MR) is 54.8 cm³/mol. The molecule has 2 N–H and O–H groups in total. The van der Waals surface area contributed by atoms with Gasteiger partial charge in [0.2, 0.25) is 0 Å². The summed E-state index contributed by atoms with van der Waals surface area (Å²) < 4.78 is 4.98. The van der Waals surface area contributed by atoms with E-state index in [1.165, 1.54) is 0 Å². The van der Waals surface area contributed by atoms with Crippen LogP contribution in [0.4, 0.5) is 0 Å². The number of ether oxygens (including phenoxy) is 1. The average molecular weight is 189 g/mol. The van der Waals surface area contributed by atoms with Crippen LogP contribution in [0.5, 0.6) is 0 Å². The summed E-state index contributed by atoms with van der Waals surface area (Å²) in [5.74, 6) is 0. The fourth-order valence-corrected chi connectivity index (χ4v) is 0.903. The predicted octanol–water partition coefficient (Wildman–Crippen LogP) is 1.02. The van der Waals surface area contributed by atoms with Gasteiger partial charge in [0.05, 0.1) is 0 Å². The van der Waals surface area contributed by atoms with Crippen molar-refractivity contribution >= 4 is 0 Å². The number of hydrogen-bond acceptors (Lipinski definition) is 3. The molecule has 0 spiro atoms. The van der Waals surface area contributed by atoms with Crippen LogP contribution in [0.25, 0.3) is 0 Å². The lowest BCUT2D eigenvalue weighted by molar-refractivity contribution is 0.147. The highest BCUT2D eigenvalue weighted by Crippen LogP contribution is 2.11. The van der Waals surface area contributed by atoms with E-state index >= 15 is 0 Å². The summed E-state index contributed by atoms with van der Waals surface area (Å²) in [4.78, 5) is 0. The maximum Gasteiger partial charge on any atom is 0.0494 e. The van der Waals surface area contributed by atoms with Crippen molar-refractivity contribution in [3.8, 4) is 0 Å². The summed E-state index contributed by atoms with van der Waals surface area (Å²) in [6, 6.07) is 0.450. The third kappa shape index (κ3) is 6.99. The lowest BCUT2D eigenvalue weighted by Gasteiger charge is -2.24. The van der Waals surface area contributed by atoms with Crippen LogP contribution < -0.4 is 5.32 Å². The van der Waals surface area contributed by atoms with Gasteiger partial charge in [-0.3, -0.25) is 0 Å². The summed E-state index contributed by atoms with van der Waals surface area (Å²) >= 11 is 0. The van der Waals surface area contributed by atoms with Crippen LogP contribution >= 0.6 is 0 Å². The van der Waals surface area contributed by atoms with Gasteiger partial charge in [0.1, 0.15) is 0 Å². The van der Waals surface area contributed by atoms with Crippen LogP contribution in [0.1, 0.15) is 27.2 Å². The molecule has 3 heteroatoms. The Kier molecular flexibility index (Phi) is 6.29. The van der Waals surface area contributed by atoms with E-state index in [1.54, 1.807) is 7.11 Å². The quantitative estimate of drug-likeness (QED) is 0.628. The smallest absolute Gasteiger partial charge is 0.0494 e. The lowest BCUT2D eigenvalue weighted by atomic mass is 9.94. The van der Waals surface area contributed by atoms with Crippen LogP contribution in [0, 0.1) is 5.41 Å². The largest absolute Gasteiger partial charge is 0.396 e. The topological polar surface area (TPSA) is 41.5 Å². The van der Waals surface area contributed by atoms with Crippen LogP contribution in [-0.4, -0.2) is 38.0 Å². The molecular weight excluding hydrogens is 166 g/mol. The van der Waals surface area contributed by atoms with E-state index in [9.17, 15) is 0 Å². The second-order valence-electron chi connectivity index (χ2n) is 4.39. The van der Waals surface area contributed by atoms with Crippen molar-refractivity contribution in [1.82, 2.24) is 5.32 Å². The Bertz CT molecular complexity index is 126. The number of hydrogen-bond donors (Lipinski definition) is 2. The van der Waals surface area contributed by atoms with Gasteiger partial charge in [-0.2, -0.15) is 0 Å². The van der Waals surface area contributed by atoms with Crippen molar-refractivity contribution in [2.75, 3.05) is 26.9 Å². The lowest BCUT2D eigenvalue weighted by Crippen LogP contribution is -2.37. The van der Waals surface area contributed by atoms with Gasteiger partial charge in [0.15, 0.2) is 0 Å². The second kappa shape index (κ2) is 6.35. The fraction of sp³-hybridized carbons (Fsp3) is 1.00. The van der Waals surface area contributed by atoms with E-state index in [1.807, 2.05) is 13.8 Å². The molecule has 0 aromatic carbocycles. The standard InChI is InChI=1S/C10H23NO2/c1-9(5-6-13-4)11-7-10(2,3)8-12/h9,11-12H,5-8H2,1-4H3. The van der Waals surface area contributed by atoms with Crippen LogP contribution in [-0.2, 0) is 4.74 Å². The van der Waals surface area contributed by atoms with Gasteiger partial charge in [0.25, 0.3) is 0 Å². The molecule has 0 rings (SSSR count). The number of rotatable bonds is 7. The summed E-state index contributed by atoms with van der Waals surface area (Å²) in [6.07, 6.45) is 1.01. The molecule has 0 aliphatic heterocycles. The number of methoxy groups -OCH3 is 1. The van der Waals surface area contributed by atoms with E-state index in [4.69, 9.17) is 9.84 Å². The summed E-state index contributed by atoms with van der Waals surface area (Å²) in [6.45, 7) is 8.07. The fourth-order valence-electron chi connectivity index (χ4n) is 0.903. The van der Waals surface area contributed by atoms with E-state index in [0.717, 1.165) is 19.6 Å². The third-order valence-corrected chi connectivity index (χ3v) is 2.11. The normalized spacial score (nSPS) is 14.5. The molecule has 0 heterocycles. The molecule has 0 aliphatic rings. The molecule has 3 nitrogen and oxygen atoms in total. The van der Waals surface area contributed by atoms with Gasteiger partial charge in [0, 0.05) is 38.3 Å². The van der Waals surface area contributed by atoms with E-state index in [-0.39, 0.29) is 12.0 Å². The van der Waals surface area contributed by atoms with Crippen molar-refractivity contribution in [2.24, 2.45) is 5.41 Å². The monoisotopic (exact) mass is 189 g/mol. The molecule has 0 saturated heterocycles. The molecular formula is C10H23NO2. The van der Waals surface area contributed by atoms with Crippen molar-refractivity contribution in [3.63, 3.8) is 0 Å². The van der Waals surface area contributed by atoms with Crippen molar-refractivity contribution in [3.05, 3.63) is 0 Å². The first-order valence-electron chi connectivity index (χ1n) is 4.85. The second-order valence-corrected chi connectivity index (χ2v) is 4.39. The molecule has 0 fully saturated rings. The minimum Gasteiger partial charge on any atom is -0.396 e. The van der Waals surface area contributed by atoms with Gasteiger partial charge in [-0.15, -0.1) is 0 Å². The van der Waals surface area contributed by atoms with E-state index < -0.39 is 0 Å². The molecule has 0 aliphatic carbocycles. The number of aliphatic hydroxyl groups excluding tert-OH is 1. The zero-order chi connectivity index (χ0) is 10.3. The third-order valence-electron chi connectivity index (χ3n) is 2.11. The minimum absolute atomic E-state index is 0.0265. The number of aliphatic hydroxyl groups is 1. The molecule has 1 atom stereocenters. The Balaban J connectivity index is 3.51. The Labute approximate surface area is 81.5 Å². The van der Waals surface area contributed by atoms with Crippen LogP contribution in [0.15, 0.2) is 0 Å². The highest BCUT2D eigenvalue weighted by Gasteiger charge is 2.16. The van der Waals surface area contributed by atoms with E-state index in [0.29, 0.717) is 6.04 Å². The van der Waals surface area contributed by atoms with Gasteiger partial charge < -0.3 is 15.2 Å². The average Bonchev–Trinajstić information content (AvgIpc) is 2.11. The summed E-state index contributed by atoms with van der Waals surface area (Å²) in [7, 11) is 1.71. The Morgan fingerprint density at radius 2 is 2.08 bits per heavy atom. The first-order chi connectivity index (χ1) is 6.02.